The molecule has 0 aliphatic heterocycles. The van der Waals surface area contributed by atoms with E-state index < -0.39 is 40.2 Å². The first-order valence-corrected chi connectivity index (χ1v) is 14.2. The van der Waals surface area contributed by atoms with Crippen LogP contribution in [0.2, 0.25) is 0 Å². The SMILES string of the molecule is CCCCNC(=O)[C@@H](C)N(Cc1ccccc1F)C(=O)CN(c1ccccc1OC)S(=O)(=O)c1ccccc1. The molecule has 208 valence electrons. The number of carbonyl (C=O) groups excluding carboxylic acids is 2. The molecule has 3 rings (SSSR count). The molecule has 0 heterocycles. The molecular formula is C29H34FN3O5S. The fourth-order valence-corrected chi connectivity index (χ4v) is 5.44. The third-order valence-electron chi connectivity index (χ3n) is 6.26. The van der Waals surface area contributed by atoms with Crippen molar-refractivity contribution in [2.24, 2.45) is 0 Å². The van der Waals surface area contributed by atoms with E-state index in [2.05, 4.69) is 5.32 Å². The first-order valence-electron chi connectivity index (χ1n) is 12.7. The van der Waals surface area contributed by atoms with E-state index in [-0.39, 0.29) is 28.4 Å². The van der Waals surface area contributed by atoms with Crippen molar-refractivity contribution >= 4 is 27.5 Å². The zero-order valence-corrected chi connectivity index (χ0v) is 23.2. The number of benzene rings is 3. The number of rotatable bonds is 13. The van der Waals surface area contributed by atoms with Crippen LogP contribution in [0.25, 0.3) is 0 Å². The van der Waals surface area contributed by atoms with Gasteiger partial charge in [0.15, 0.2) is 0 Å². The molecular weight excluding hydrogens is 521 g/mol. The molecule has 8 nitrogen and oxygen atoms in total. The minimum absolute atomic E-state index is 0.0188. The maximum Gasteiger partial charge on any atom is 0.264 e. The Kier molecular flexibility index (Phi) is 10.4. The molecule has 0 aliphatic rings. The fourth-order valence-electron chi connectivity index (χ4n) is 4.00. The van der Waals surface area contributed by atoms with Crippen molar-refractivity contribution in [1.29, 1.82) is 0 Å². The monoisotopic (exact) mass is 555 g/mol. The van der Waals surface area contributed by atoms with Crippen LogP contribution >= 0.6 is 0 Å². The fraction of sp³-hybridized carbons (Fsp3) is 0.310. The summed E-state index contributed by atoms with van der Waals surface area (Å²) in [6, 6.07) is 19.1. The Morgan fingerprint density at radius 1 is 0.974 bits per heavy atom. The molecule has 0 spiro atoms. The minimum atomic E-state index is -4.23. The topological polar surface area (TPSA) is 96.0 Å². The van der Waals surface area contributed by atoms with Gasteiger partial charge in [-0.3, -0.25) is 13.9 Å². The van der Waals surface area contributed by atoms with Crippen molar-refractivity contribution in [1.82, 2.24) is 10.2 Å². The number of unbranched alkanes of at least 4 members (excludes halogenated alkanes) is 1. The molecule has 0 radical (unpaired) electrons. The second-order valence-electron chi connectivity index (χ2n) is 8.93. The molecule has 1 N–H and O–H groups in total. The predicted octanol–water partition coefficient (Wildman–Crippen LogP) is 4.36. The average Bonchev–Trinajstić information content (AvgIpc) is 2.95. The maximum atomic E-state index is 14.6. The smallest absolute Gasteiger partial charge is 0.264 e. The van der Waals surface area contributed by atoms with E-state index in [1.807, 2.05) is 6.92 Å². The quantitative estimate of drug-likeness (QED) is 0.316. The number of carbonyl (C=O) groups is 2. The number of amides is 2. The minimum Gasteiger partial charge on any atom is -0.495 e. The van der Waals surface area contributed by atoms with Crippen LogP contribution in [0.4, 0.5) is 10.1 Å². The molecule has 0 aliphatic carbocycles. The predicted molar refractivity (Wildman–Crippen MR) is 148 cm³/mol. The Labute approximate surface area is 229 Å². The molecule has 39 heavy (non-hydrogen) atoms. The van der Waals surface area contributed by atoms with Gasteiger partial charge >= 0.3 is 0 Å². The van der Waals surface area contributed by atoms with Crippen molar-refractivity contribution in [3.63, 3.8) is 0 Å². The van der Waals surface area contributed by atoms with E-state index in [0.29, 0.717) is 6.54 Å². The van der Waals surface area contributed by atoms with Crippen LogP contribution in [0, 0.1) is 5.82 Å². The molecule has 0 unspecified atom stereocenters. The zero-order valence-electron chi connectivity index (χ0n) is 22.3. The molecule has 3 aromatic carbocycles. The molecule has 0 fully saturated rings. The average molecular weight is 556 g/mol. The Hall–Kier alpha value is -3.92. The van der Waals surface area contributed by atoms with Gasteiger partial charge in [-0.05, 0) is 43.7 Å². The lowest BCUT2D eigenvalue weighted by Gasteiger charge is -2.32. The molecule has 1 atom stereocenters. The Morgan fingerprint density at radius 3 is 2.28 bits per heavy atom. The van der Waals surface area contributed by atoms with E-state index in [1.54, 1.807) is 49.4 Å². The summed E-state index contributed by atoms with van der Waals surface area (Å²) in [5, 5.41) is 2.80. The number of anilines is 1. The van der Waals surface area contributed by atoms with Crippen LogP contribution in [-0.2, 0) is 26.2 Å². The summed E-state index contributed by atoms with van der Waals surface area (Å²) in [7, 11) is -2.82. The number of hydrogen-bond acceptors (Lipinski definition) is 5. The van der Waals surface area contributed by atoms with Crippen molar-refractivity contribution in [3.8, 4) is 5.75 Å². The summed E-state index contributed by atoms with van der Waals surface area (Å²) < 4.78 is 48.6. The van der Waals surface area contributed by atoms with E-state index in [0.717, 1.165) is 17.1 Å². The van der Waals surface area contributed by atoms with Crippen LogP contribution in [0.1, 0.15) is 32.3 Å². The van der Waals surface area contributed by atoms with Crippen molar-refractivity contribution < 1.29 is 27.1 Å². The summed E-state index contributed by atoms with van der Waals surface area (Å²) >= 11 is 0. The number of nitrogens with one attached hydrogen (secondary N) is 1. The molecule has 10 heteroatoms. The van der Waals surface area contributed by atoms with Gasteiger partial charge in [-0.15, -0.1) is 0 Å². The second kappa shape index (κ2) is 13.7. The zero-order chi connectivity index (χ0) is 28.4. The van der Waals surface area contributed by atoms with Gasteiger partial charge in [0.1, 0.15) is 24.2 Å². The lowest BCUT2D eigenvalue weighted by Crippen LogP contribution is -2.51. The standard InChI is InChI=1S/C29H34FN3O5S/c1-4-5-19-31-29(35)22(2)32(20-23-13-9-10-16-25(23)30)28(34)21-33(26-17-11-12-18-27(26)38-3)39(36,37)24-14-7-6-8-15-24/h6-18,22H,4-5,19-21H2,1-3H3,(H,31,35)/t22-/m1/s1. The Bertz CT molecular complexity index is 1370. The normalized spacial score (nSPS) is 11.9. The summed E-state index contributed by atoms with van der Waals surface area (Å²) in [6.45, 7) is 3.09. The van der Waals surface area contributed by atoms with Crippen molar-refractivity contribution in [2.45, 2.75) is 44.2 Å². The van der Waals surface area contributed by atoms with Gasteiger partial charge in [-0.25, -0.2) is 12.8 Å². The van der Waals surface area contributed by atoms with Crippen molar-refractivity contribution in [3.05, 3.63) is 90.2 Å². The highest BCUT2D eigenvalue weighted by Gasteiger charge is 2.33. The molecule has 0 bridgehead atoms. The van der Waals surface area contributed by atoms with Gasteiger partial charge in [0.25, 0.3) is 10.0 Å². The van der Waals surface area contributed by atoms with Gasteiger partial charge in [0, 0.05) is 18.7 Å². The number of sulfonamides is 1. The first kappa shape index (κ1) is 29.6. The van der Waals surface area contributed by atoms with Crippen LogP contribution in [0.15, 0.2) is 83.8 Å². The number of halogens is 1. The number of hydrogen-bond donors (Lipinski definition) is 1. The molecule has 3 aromatic rings. The van der Waals surface area contributed by atoms with Gasteiger partial charge in [0.2, 0.25) is 11.8 Å². The Morgan fingerprint density at radius 2 is 1.62 bits per heavy atom. The highest BCUT2D eigenvalue weighted by molar-refractivity contribution is 7.92. The molecule has 2 amide bonds. The van der Waals surface area contributed by atoms with E-state index in [1.165, 1.54) is 48.4 Å². The third kappa shape index (κ3) is 7.35. The molecule has 0 aromatic heterocycles. The summed E-state index contributed by atoms with van der Waals surface area (Å²) in [6.07, 6.45) is 1.63. The number of methoxy groups -OCH3 is 1. The summed E-state index contributed by atoms with van der Waals surface area (Å²) in [5.41, 5.74) is 0.358. The molecule has 0 saturated carbocycles. The third-order valence-corrected chi connectivity index (χ3v) is 8.03. The second-order valence-corrected chi connectivity index (χ2v) is 10.8. The number of nitrogens with zero attached hydrogens (tertiary/aromatic N) is 2. The highest BCUT2D eigenvalue weighted by atomic mass is 32.2. The van der Waals surface area contributed by atoms with Gasteiger partial charge < -0.3 is 15.0 Å². The maximum absolute atomic E-state index is 14.6. The molecule has 0 saturated heterocycles. The lowest BCUT2D eigenvalue weighted by atomic mass is 10.1. The number of ether oxygens (including phenoxy) is 1. The first-order chi connectivity index (χ1) is 18.7. The largest absolute Gasteiger partial charge is 0.495 e. The lowest BCUT2D eigenvalue weighted by molar-refractivity contribution is -0.139. The van der Waals surface area contributed by atoms with E-state index in [9.17, 15) is 22.4 Å². The summed E-state index contributed by atoms with van der Waals surface area (Å²) in [5.74, 6) is -1.38. The Balaban J connectivity index is 2.03. The van der Waals surface area contributed by atoms with Crippen molar-refractivity contribution in [2.75, 3.05) is 24.5 Å². The van der Waals surface area contributed by atoms with Crippen LogP contribution < -0.4 is 14.4 Å². The van der Waals surface area contributed by atoms with Gasteiger partial charge in [0.05, 0.1) is 17.7 Å². The van der Waals surface area contributed by atoms with Crippen LogP contribution in [0.5, 0.6) is 5.75 Å². The van der Waals surface area contributed by atoms with E-state index in [4.69, 9.17) is 4.74 Å². The van der Waals surface area contributed by atoms with Gasteiger partial charge in [-0.2, -0.15) is 0 Å². The van der Waals surface area contributed by atoms with Crippen LogP contribution in [0.3, 0.4) is 0 Å². The van der Waals surface area contributed by atoms with Gasteiger partial charge in [-0.1, -0.05) is 61.9 Å². The highest BCUT2D eigenvalue weighted by Crippen LogP contribution is 2.32. The summed E-state index contributed by atoms with van der Waals surface area (Å²) in [4.78, 5) is 28.0. The van der Waals surface area contributed by atoms with Crippen LogP contribution in [-0.4, -0.2) is 51.4 Å². The van der Waals surface area contributed by atoms with E-state index >= 15 is 0 Å². The number of para-hydroxylation sites is 2.